The first-order valence-corrected chi connectivity index (χ1v) is 8.89. The molecule has 1 atom stereocenters. The van der Waals surface area contributed by atoms with Gasteiger partial charge in [-0.1, -0.05) is 49.9 Å². The molecule has 0 radical (unpaired) electrons. The fourth-order valence-corrected chi connectivity index (χ4v) is 4.35. The number of nitrogens with two attached hydrogens (primary N) is 1. The van der Waals surface area contributed by atoms with Crippen LogP contribution in [0.2, 0.25) is 0 Å². The topological polar surface area (TPSA) is 29.3 Å². The summed E-state index contributed by atoms with van der Waals surface area (Å²) in [4.78, 5) is 2.70. The lowest BCUT2D eigenvalue weighted by Crippen LogP contribution is -2.46. The van der Waals surface area contributed by atoms with E-state index in [1.807, 2.05) is 0 Å². The van der Waals surface area contributed by atoms with E-state index >= 15 is 0 Å². The van der Waals surface area contributed by atoms with Gasteiger partial charge in [0.25, 0.3) is 0 Å². The van der Waals surface area contributed by atoms with Gasteiger partial charge < -0.3 is 5.73 Å². The van der Waals surface area contributed by atoms with Crippen LogP contribution in [0.25, 0.3) is 0 Å². The van der Waals surface area contributed by atoms with Crippen LogP contribution in [0.3, 0.4) is 0 Å². The largest absolute Gasteiger partial charge is 0.329 e. The minimum atomic E-state index is 0.609. The highest BCUT2D eigenvalue weighted by Crippen LogP contribution is 2.29. The Morgan fingerprint density at radius 2 is 1.52 bits per heavy atom. The molecule has 2 nitrogen and oxygen atoms in total. The van der Waals surface area contributed by atoms with Gasteiger partial charge in [-0.2, -0.15) is 0 Å². The van der Waals surface area contributed by atoms with E-state index in [9.17, 15) is 0 Å². The van der Waals surface area contributed by atoms with Crippen LogP contribution >= 0.6 is 0 Å². The molecule has 0 spiro atoms. The van der Waals surface area contributed by atoms with E-state index in [0.29, 0.717) is 6.04 Å². The maximum absolute atomic E-state index is 6.20. The SMILES string of the molecule is NCC(C1CCCCCC1)N1CCc2ccccc2CC1. The van der Waals surface area contributed by atoms with Gasteiger partial charge in [-0.25, -0.2) is 0 Å². The second kappa shape index (κ2) is 7.42. The molecule has 3 rings (SSSR count). The highest BCUT2D eigenvalue weighted by Gasteiger charge is 2.28. The highest BCUT2D eigenvalue weighted by molar-refractivity contribution is 5.28. The third kappa shape index (κ3) is 3.67. The number of rotatable bonds is 3. The zero-order valence-corrected chi connectivity index (χ0v) is 13.3. The summed E-state index contributed by atoms with van der Waals surface area (Å²) < 4.78 is 0. The highest BCUT2D eigenvalue weighted by atomic mass is 15.2. The molecule has 2 aliphatic rings. The first-order valence-electron chi connectivity index (χ1n) is 8.89. The Morgan fingerprint density at radius 1 is 0.952 bits per heavy atom. The Labute approximate surface area is 129 Å². The molecular weight excluding hydrogens is 256 g/mol. The van der Waals surface area contributed by atoms with Crippen molar-refractivity contribution < 1.29 is 0 Å². The third-order valence-corrected chi connectivity index (χ3v) is 5.61. The predicted molar refractivity (Wildman–Crippen MR) is 89.5 cm³/mol. The van der Waals surface area contributed by atoms with E-state index < -0.39 is 0 Å². The summed E-state index contributed by atoms with van der Waals surface area (Å²) in [6.07, 6.45) is 10.9. The van der Waals surface area contributed by atoms with Gasteiger partial charge in [-0.3, -0.25) is 4.90 Å². The van der Waals surface area contributed by atoms with Gasteiger partial charge in [0.05, 0.1) is 0 Å². The first-order chi connectivity index (χ1) is 10.4. The summed E-state index contributed by atoms with van der Waals surface area (Å²) in [7, 11) is 0. The van der Waals surface area contributed by atoms with Gasteiger partial charge in [0.15, 0.2) is 0 Å². The molecule has 1 saturated carbocycles. The first kappa shape index (κ1) is 15.1. The van der Waals surface area contributed by atoms with Gasteiger partial charge in [0.2, 0.25) is 0 Å². The van der Waals surface area contributed by atoms with Crippen LogP contribution in [-0.2, 0) is 12.8 Å². The molecule has 1 heterocycles. The Bertz CT molecular complexity index is 408. The van der Waals surface area contributed by atoms with Crippen molar-refractivity contribution in [3.63, 3.8) is 0 Å². The van der Waals surface area contributed by atoms with E-state index in [4.69, 9.17) is 5.73 Å². The second-order valence-corrected chi connectivity index (χ2v) is 6.86. The molecule has 2 N–H and O–H groups in total. The second-order valence-electron chi connectivity index (χ2n) is 6.86. The molecule has 0 saturated heterocycles. The minimum Gasteiger partial charge on any atom is -0.329 e. The molecule has 0 amide bonds. The Kier molecular flexibility index (Phi) is 5.32. The average molecular weight is 286 g/mol. The Balaban J connectivity index is 1.67. The molecule has 1 unspecified atom stereocenters. The lowest BCUT2D eigenvalue weighted by atomic mass is 9.90. The molecule has 0 bridgehead atoms. The van der Waals surface area contributed by atoms with Crippen molar-refractivity contribution in [1.82, 2.24) is 4.90 Å². The van der Waals surface area contributed by atoms with E-state index in [-0.39, 0.29) is 0 Å². The van der Waals surface area contributed by atoms with E-state index in [1.54, 1.807) is 11.1 Å². The fraction of sp³-hybridized carbons (Fsp3) is 0.684. The van der Waals surface area contributed by atoms with Crippen LogP contribution in [0.5, 0.6) is 0 Å². The summed E-state index contributed by atoms with van der Waals surface area (Å²) in [6, 6.07) is 9.59. The normalized spacial score (nSPS) is 23.1. The third-order valence-electron chi connectivity index (χ3n) is 5.61. The van der Waals surface area contributed by atoms with Crippen LogP contribution in [0.4, 0.5) is 0 Å². The predicted octanol–water partition coefficient (Wildman–Crippen LogP) is 3.38. The van der Waals surface area contributed by atoms with Gasteiger partial charge in [-0.15, -0.1) is 0 Å². The smallest absolute Gasteiger partial charge is 0.0246 e. The van der Waals surface area contributed by atoms with Crippen molar-refractivity contribution in [2.45, 2.75) is 57.4 Å². The maximum atomic E-state index is 6.20. The molecule has 1 aliphatic heterocycles. The minimum absolute atomic E-state index is 0.609. The van der Waals surface area contributed by atoms with Gasteiger partial charge in [-0.05, 0) is 42.7 Å². The molecule has 1 aromatic rings. The quantitative estimate of drug-likeness (QED) is 0.863. The zero-order chi connectivity index (χ0) is 14.5. The van der Waals surface area contributed by atoms with Crippen LogP contribution in [0, 0.1) is 5.92 Å². The molecule has 116 valence electrons. The van der Waals surface area contributed by atoms with E-state index in [0.717, 1.165) is 12.5 Å². The van der Waals surface area contributed by atoms with Crippen molar-refractivity contribution in [3.8, 4) is 0 Å². The van der Waals surface area contributed by atoms with Crippen LogP contribution < -0.4 is 5.73 Å². The standard InChI is InChI=1S/C19H30N2/c20-15-19(18-9-3-1-2-4-10-18)21-13-11-16-7-5-6-8-17(16)12-14-21/h5-8,18-19H,1-4,9-15,20H2. The number of benzene rings is 1. The number of nitrogens with zero attached hydrogens (tertiary/aromatic N) is 1. The summed E-state index contributed by atoms with van der Waals surface area (Å²) in [5, 5.41) is 0. The number of hydrogen-bond donors (Lipinski definition) is 1. The number of hydrogen-bond acceptors (Lipinski definition) is 2. The van der Waals surface area contributed by atoms with Crippen molar-refractivity contribution >= 4 is 0 Å². The van der Waals surface area contributed by atoms with E-state index in [2.05, 4.69) is 29.2 Å². The monoisotopic (exact) mass is 286 g/mol. The van der Waals surface area contributed by atoms with Gasteiger partial charge in [0, 0.05) is 25.7 Å². The molecule has 21 heavy (non-hydrogen) atoms. The molecule has 1 fully saturated rings. The van der Waals surface area contributed by atoms with Crippen molar-refractivity contribution in [2.75, 3.05) is 19.6 Å². The van der Waals surface area contributed by atoms with Gasteiger partial charge in [0.1, 0.15) is 0 Å². The Hall–Kier alpha value is -0.860. The van der Waals surface area contributed by atoms with Crippen LogP contribution in [0.1, 0.15) is 49.7 Å². The van der Waals surface area contributed by atoms with Gasteiger partial charge >= 0.3 is 0 Å². The number of fused-ring (bicyclic) bond motifs is 1. The fourth-order valence-electron chi connectivity index (χ4n) is 4.35. The van der Waals surface area contributed by atoms with Crippen molar-refractivity contribution in [3.05, 3.63) is 35.4 Å². The maximum Gasteiger partial charge on any atom is 0.0246 e. The zero-order valence-electron chi connectivity index (χ0n) is 13.3. The molecule has 2 heteroatoms. The lowest BCUT2D eigenvalue weighted by Gasteiger charge is -2.35. The Morgan fingerprint density at radius 3 is 2.05 bits per heavy atom. The van der Waals surface area contributed by atoms with Crippen LogP contribution in [0.15, 0.2) is 24.3 Å². The van der Waals surface area contributed by atoms with E-state index in [1.165, 1.54) is 64.5 Å². The molecular formula is C19H30N2. The average Bonchev–Trinajstić information content (AvgIpc) is 2.90. The summed E-state index contributed by atoms with van der Waals surface area (Å²) in [6.45, 7) is 3.21. The molecule has 0 aromatic heterocycles. The summed E-state index contributed by atoms with van der Waals surface area (Å²) in [5.74, 6) is 0.832. The summed E-state index contributed by atoms with van der Waals surface area (Å²) >= 11 is 0. The molecule has 1 aliphatic carbocycles. The summed E-state index contributed by atoms with van der Waals surface area (Å²) in [5.41, 5.74) is 9.30. The lowest BCUT2D eigenvalue weighted by molar-refractivity contribution is 0.141. The van der Waals surface area contributed by atoms with Crippen LogP contribution in [-0.4, -0.2) is 30.6 Å². The van der Waals surface area contributed by atoms with Crippen molar-refractivity contribution in [1.29, 1.82) is 0 Å². The van der Waals surface area contributed by atoms with Crippen molar-refractivity contribution in [2.24, 2.45) is 11.7 Å². The molecule has 1 aromatic carbocycles.